The van der Waals surface area contributed by atoms with E-state index in [2.05, 4.69) is 10.3 Å². The number of para-hydroxylation sites is 1. The molecule has 2 aliphatic rings. The molecule has 0 spiro atoms. The summed E-state index contributed by atoms with van der Waals surface area (Å²) < 4.78 is 11.7. The molecule has 5 N–H and O–H groups in total. The van der Waals surface area contributed by atoms with E-state index in [0.717, 1.165) is 21.3 Å². The van der Waals surface area contributed by atoms with Crippen molar-refractivity contribution < 1.29 is 28.7 Å². The Morgan fingerprint density at radius 2 is 1.84 bits per heavy atom. The summed E-state index contributed by atoms with van der Waals surface area (Å²) >= 11 is 1.37. The number of methoxy groups -OCH3 is 1. The topological polar surface area (TPSA) is 177 Å². The predicted molar refractivity (Wildman–Crippen MR) is 189 cm³/mol. The maximum Gasteiger partial charge on any atom is 0.332 e. The molecule has 50 heavy (non-hydrogen) atoms. The number of aromatic nitrogens is 1. The van der Waals surface area contributed by atoms with Crippen LogP contribution in [0.3, 0.4) is 0 Å². The quantitative estimate of drug-likeness (QED) is 0.186. The average Bonchev–Trinajstić information content (AvgIpc) is 3.67. The van der Waals surface area contributed by atoms with Crippen molar-refractivity contribution >= 4 is 56.0 Å². The molecule has 3 heterocycles. The Balaban J connectivity index is 1.26. The van der Waals surface area contributed by atoms with Crippen LogP contribution in [0, 0.1) is 0 Å². The molecule has 4 aromatic rings. The minimum atomic E-state index is -0.880. The second-order valence-corrected chi connectivity index (χ2v) is 13.3. The maximum atomic E-state index is 14.3. The summed E-state index contributed by atoms with van der Waals surface area (Å²) in [4.78, 5) is 61.0. The Morgan fingerprint density at radius 3 is 2.56 bits per heavy atom. The Bertz CT molecular complexity index is 1920. The summed E-state index contributed by atoms with van der Waals surface area (Å²) in [5.41, 5.74) is 15.8. The predicted octanol–water partition coefficient (Wildman–Crippen LogP) is 3.01. The van der Waals surface area contributed by atoms with Crippen LogP contribution in [0.25, 0.3) is 10.2 Å². The third-order valence-electron chi connectivity index (χ3n) is 9.02. The third kappa shape index (κ3) is 7.14. The van der Waals surface area contributed by atoms with E-state index < -0.39 is 18.2 Å². The van der Waals surface area contributed by atoms with Crippen LogP contribution >= 0.6 is 11.3 Å². The van der Waals surface area contributed by atoms with Crippen LogP contribution in [-0.2, 0) is 33.9 Å². The highest BCUT2D eigenvalue weighted by molar-refractivity contribution is 7.22. The normalized spacial score (nSPS) is 17.6. The van der Waals surface area contributed by atoms with Gasteiger partial charge in [-0.3, -0.25) is 19.4 Å². The van der Waals surface area contributed by atoms with Gasteiger partial charge >= 0.3 is 6.03 Å². The SMILES string of the molecule is CCC(=O)COc1ccc(C[C@H]2C(=O)N(Cc3cccc4sc(N)nc34)C[C@H]3N2C(=O)CN3N(C)C(=O)NCc2ccc(OC)cc2)cc1N. The number of piperazine rings is 1. The molecule has 2 aliphatic heterocycles. The molecule has 14 nitrogen and oxygen atoms in total. The number of fused-ring (bicyclic) bond motifs is 2. The van der Waals surface area contributed by atoms with E-state index in [9.17, 15) is 19.2 Å². The van der Waals surface area contributed by atoms with Gasteiger partial charge in [0, 0.05) is 33.0 Å². The molecule has 0 unspecified atom stereocenters. The number of nitrogens with zero attached hydrogens (tertiary/aromatic N) is 5. The molecule has 262 valence electrons. The Kier molecular flexibility index (Phi) is 10.1. The highest BCUT2D eigenvalue weighted by Crippen LogP contribution is 2.33. The number of benzene rings is 3. The number of Topliss-reactive ketones (excluding diaryl/α,β-unsaturated/α-hetero) is 1. The molecule has 2 saturated heterocycles. The standard InChI is InChI=1S/C35H40N8O6S/c1-4-24(44)20-49-28-13-10-22(14-26(28)36)15-27-33(46)41(17-23-6-5-7-29-32(23)39-34(37)50-29)18-30-42(19-31(45)43(27)30)40(2)35(47)38-16-21-8-11-25(48-3)12-9-21/h5-14,27,30H,4,15-20,36H2,1-3H3,(H2,37,39)(H,38,47)/t27-,30+/m0/s1. The molecule has 2 fully saturated rings. The van der Waals surface area contributed by atoms with Crippen molar-refractivity contribution in [2.45, 2.75) is 45.1 Å². The van der Waals surface area contributed by atoms with Gasteiger partial charge < -0.3 is 36.1 Å². The monoisotopic (exact) mass is 700 g/mol. The lowest BCUT2D eigenvalue weighted by molar-refractivity contribution is -0.157. The lowest BCUT2D eigenvalue weighted by Gasteiger charge is -2.45. The summed E-state index contributed by atoms with van der Waals surface area (Å²) in [5, 5.41) is 6.44. The molecule has 4 amide bonds. The molecule has 1 aromatic heterocycles. The number of hydrogen-bond acceptors (Lipinski definition) is 11. The van der Waals surface area contributed by atoms with Gasteiger partial charge in [-0.25, -0.2) is 9.78 Å². The average molecular weight is 701 g/mol. The second-order valence-electron chi connectivity index (χ2n) is 12.2. The fourth-order valence-corrected chi connectivity index (χ4v) is 7.08. The van der Waals surface area contributed by atoms with E-state index in [-0.39, 0.29) is 56.8 Å². The smallest absolute Gasteiger partial charge is 0.332 e. The van der Waals surface area contributed by atoms with E-state index in [4.69, 9.17) is 20.9 Å². The van der Waals surface area contributed by atoms with Crippen LogP contribution in [0.4, 0.5) is 15.6 Å². The summed E-state index contributed by atoms with van der Waals surface area (Å²) in [7, 11) is 3.20. The van der Waals surface area contributed by atoms with Gasteiger partial charge in [-0.1, -0.05) is 48.6 Å². The van der Waals surface area contributed by atoms with Gasteiger partial charge in [-0.2, -0.15) is 5.01 Å². The highest BCUT2D eigenvalue weighted by atomic mass is 32.1. The fraction of sp³-hybridized carbons (Fsp3) is 0.343. The van der Waals surface area contributed by atoms with Crippen LogP contribution in [0.15, 0.2) is 60.7 Å². The first-order chi connectivity index (χ1) is 24.1. The molecule has 2 atom stereocenters. The van der Waals surface area contributed by atoms with Crippen molar-refractivity contribution in [1.82, 2.24) is 30.1 Å². The number of rotatable bonds is 12. The van der Waals surface area contributed by atoms with Crippen LogP contribution in [-0.4, -0.2) is 94.5 Å². The molecule has 0 bridgehead atoms. The summed E-state index contributed by atoms with van der Waals surface area (Å²) in [6, 6.07) is 17.0. The lowest BCUT2D eigenvalue weighted by Crippen LogP contribution is -2.65. The zero-order chi connectivity index (χ0) is 35.5. The van der Waals surface area contributed by atoms with E-state index in [1.54, 1.807) is 54.1 Å². The van der Waals surface area contributed by atoms with Gasteiger partial charge in [0.1, 0.15) is 30.3 Å². The van der Waals surface area contributed by atoms with E-state index in [1.165, 1.54) is 16.3 Å². The largest absolute Gasteiger partial charge is 0.497 e. The number of nitrogens with one attached hydrogen (secondary N) is 1. The minimum absolute atomic E-state index is 0.0556. The first-order valence-corrected chi connectivity index (χ1v) is 17.1. The molecule has 0 saturated carbocycles. The molecule has 3 aromatic carbocycles. The fourth-order valence-electron chi connectivity index (χ4n) is 6.30. The molecule has 15 heteroatoms. The van der Waals surface area contributed by atoms with Crippen LogP contribution in [0.5, 0.6) is 11.5 Å². The van der Waals surface area contributed by atoms with Gasteiger partial charge in [0.15, 0.2) is 10.9 Å². The molecule has 6 rings (SSSR count). The first kappa shape index (κ1) is 34.5. The number of ether oxygens (including phenoxy) is 2. The third-order valence-corrected chi connectivity index (χ3v) is 9.86. The Morgan fingerprint density at radius 1 is 1.08 bits per heavy atom. The highest BCUT2D eigenvalue weighted by Gasteiger charge is 2.51. The van der Waals surface area contributed by atoms with Crippen LogP contribution < -0.4 is 26.3 Å². The van der Waals surface area contributed by atoms with Crippen molar-refractivity contribution in [2.24, 2.45) is 0 Å². The number of carbonyl (C=O) groups excluding carboxylic acids is 4. The van der Waals surface area contributed by atoms with E-state index >= 15 is 0 Å². The number of thiazole rings is 1. The van der Waals surface area contributed by atoms with Crippen molar-refractivity contribution in [1.29, 1.82) is 0 Å². The number of nitrogens with two attached hydrogens (primary N) is 2. The number of hydrogen-bond donors (Lipinski definition) is 3. The van der Waals surface area contributed by atoms with Crippen molar-refractivity contribution in [2.75, 3.05) is 45.3 Å². The number of nitrogen functional groups attached to an aromatic ring is 2. The molecular weight excluding hydrogens is 661 g/mol. The van der Waals surface area contributed by atoms with Gasteiger partial charge in [0.2, 0.25) is 11.8 Å². The second kappa shape index (κ2) is 14.6. The summed E-state index contributed by atoms with van der Waals surface area (Å²) in [5.74, 6) is 0.508. The van der Waals surface area contributed by atoms with Crippen LogP contribution in [0.1, 0.15) is 30.0 Å². The summed E-state index contributed by atoms with van der Waals surface area (Å²) in [6.45, 7) is 2.24. The zero-order valence-electron chi connectivity index (χ0n) is 28.1. The Labute approximate surface area is 293 Å². The number of urea groups is 1. The first-order valence-electron chi connectivity index (χ1n) is 16.2. The number of anilines is 2. The number of hydrazine groups is 1. The number of carbonyl (C=O) groups is 4. The van der Waals surface area contributed by atoms with Gasteiger partial charge in [0.05, 0.1) is 36.1 Å². The zero-order valence-corrected chi connectivity index (χ0v) is 28.9. The van der Waals surface area contributed by atoms with Gasteiger partial charge in [-0.15, -0.1) is 0 Å². The van der Waals surface area contributed by atoms with Gasteiger partial charge in [0.25, 0.3) is 0 Å². The summed E-state index contributed by atoms with van der Waals surface area (Å²) in [6.07, 6.45) is -0.100. The Hall–Kier alpha value is -5.41. The van der Waals surface area contributed by atoms with Crippen molar-refractivity contribution in [3.8, 4) is 11.5 Å². The maximum absolute atomic E-state index is 14.3. The molecule has 0 radical (unpaired) electrons. The van der Waals surface area contributed by atoms with E-state index in [0.29, 0.717) is 34.3 Å². The number of amides is 4. The number of ketones is 1. The molecular formula is C35H40N8O6S. The lowest BCUT2D eigenvalue weighted by atomic mass is 9.99. The van der Waals surface area contributed by atoms with E-state index in [1.807, 2.05) is 42.5 Å². The molecule has 0 aliphatic carbocycles. The van der Waals surface area contributed by atoms with Gasteiger partial charge in [-0.05, 0) is 47.0 Å². The van der Waals surface area contributed by atoms with Crippen molar-refractivity contribution in [3.05, 3.63) is 77.4 Å². The minimum Gasteiger partial charge on any atom is -0.497 e. The van der Waals surface area contributed by atoms with Crippen LogP contribution in [0.2, 0.25) is 0 Å². The van der Waals surface area contributed by atoms with Crippen molar-refractivity contribution in [3.63, 3.8) is 0 Å².